The van der Waals surface area contributed by atoms with Gasteiger partial charge in [-0.15, -0.1) is 0 Å². The van der Waals surface area contributed by atoms with Crippen molar-refractivity contribution in [3.63, 3.8) is 0 Å². The number of carbonyl (C=O) groups is 2. The fourth-order valence-corrected chi connectivity index (χ4v) is 2.59. The van der Waals surface area contributed by atoms with Gasteiger partial charge in [-0.05, 0) is 23.8 Å². The second-order valence-electron chi connectivity index (χ2n) is 5.57. The number of anilines is 1. The maximum Gasteiger partial charge on any atom is 0.412 e. The van der Waals surface area contributed by atoms with Crippen LogP contribution in [0.15, 0.2) is 53.0 Å². The highest BCUT2D eigenvalue weighted by molar-refractivity contribution is 9.10. The number of carbonyl (C=O) groups excluding carboxylic acids is 1. The van der Waals surface area contributed by atoms with Crippen molar-refractivity contribution in [2.75, 3.05) is 11.9 Å². The molecule has 3 rings (SSSR count). The largest absolute Gasteiger partial charge is 0.489 e. The van der Waals surface area contributed by atoms with E-state index in [1.165, 1.54) is 0 Å². The maximum atomic E-state index is 12.0. The van der Waals surface area contributed by atoms with Crippen molar-refractivity contribution in [1.82, 2.24) is 0 Å². The van der Waals surface area contributed by atoms with Gasteiger partial charge >= 0.3 is 12.1 Å². The number of halogens is 1. The third-order valence-electron chi connectivity index (χ3n) is 3.62. The summed E-state index contributed by atoms with van der Waals surface area (Å²) in [6, 6.07) is 14.4. The number of amides is 1. The maximum absolute atomic E-state index is 12.0. The monoisotopic (exact) mass is 421 g/mol. The lowest BCUT2D eigenvalue weighted by atomic mass is 10.2. The van der Waals surface area contributed by atoms with Crippen LogP contribution >= 0.6 is 15.9 Å². The third kappa shape index (κ3) is 4.96. The van der Waals surface area contributed by atoms with Gasteiger partial charge in [0.1, 0.15) is 25.1 Å². The zero-order valence-electron chi connectivity index (χ0n) is 13.6. The molecule has 1 fully saturated rings. The molecule has 1 saturated heterocycles. The van der Waals surface area contributed by atoms with E-state index in [1.807, 2.05) is 30.3 Å². The van der Waals surface area contributed by atoms with Crippen molar-refractivity contribution in [2.24, 2.45) is 0 Å². The summed E-state index contributed by atoms with van der Waals surface area (Å²) in [5, 5.41) is 11.5. The number of hydrogen-bond donors (Lipinski definition) is 2. The Balaban J connectivity index is 1.56. The quantitative estimate of drug-likeness (QED) is 0.664. The summed E-state index contributed by atoms with van der Waals surface area (Å²) >= 11 is 3.33. The molecule has 0 aromatic heterocycles. The Morgan fingerprint density at radius 1 is 1.19 bits per heavy atom. The fraction of sp³-hybridized carbons (Fsp3) is 0.222. The molecule has 1 amide bonds. The first kappa shape index (κ1) is 18.2. The van der Waals surface area contributed by atoms with E-state index in [9.17, 15) is 9.59 Å². The Labute approximate surface area is 158 Å². The van der Waals surface area contributed by atoms with Crippen LogP contribution in [0.3, 0.4) is 0 Å². The minimum atomic E-state index is -1.02. The zero-order chi connectivity index (χ0) is 18.5. The third-order valence-corrected chi connectivity index (χ3v) is 4.12. The van der Waals surface area contributed by atoms with Crippen LogP contribution in [0.2, 0.25) is 0 Å². The Morgan fingerprint density at radius 2 is 1.96 bits per heavy atom. The van der Waals surface area contributed by atoms with Crippen molar-refractivity contribution in [3.8, 4) is 5.75 Å². The van der Waals surface area contributed by atoms with Crippen LogP contribution < -0.4 is 10.1 Å². The second kappa shape index (κ2) is 8.20. The number of nitrogens with one attached hydrogen (secondary N) is 1. The average Bonchev–Trinajstić information content (AvgIpc) is 3.41. The van der Waals surface area contributed by atoms with Crippen molar-refractivity contribution >= 4 is 33.7 Å². The molecular weight excluding hydrogens is 406 g/mol. The van der Waals surface area contributed by atoms with E-state index in [2.05, 4.69) is 21.2 Å². The highest BCUT2D eigenvalue weighted by Crippen LogP contribution is 2.31. The molecule has 136 valence electrons. The standard InChI is InChI=1S/C18H16BrNO6/c19-12-6-7-13(14(8-12)24-10-15-16(26-15)17(21)22)20-18(23)25-9-11-4-2-1-3-5-11/h1-8,15-16H,9-10H2,(H,20,23)(H,21,22)/t15-,16-/m1/s1. The van der Waals surface area contributed by atoms with Crippen LogP contribution in [0.5, 0.6) is 5.75 Å². The lowest BCUT2D eigenvalue weighted by Crippen LogP contribution is -2.16. The molecule has 8 heteroatoms. The molecule has 0 aliphatic carbocycles. The number of ether oxygens (including phenoxy) is 3. The van der Waals surface area contributed by atoms with Crippen molar-refractivity contribution in [1.29, 1.82) is 0 Å². The summed E-state index contributed by atoms with van der Waals surface area (Å²) in [5.74, 6) is -0.633. The van der Waals surface area contributed by atoms with Crippen molar-refractivity contribution in [3.05, 3.63) is 58.6 Å². The molecule has 1 aliphatic rings. The van der Waals surface area contributed by atoms with Crippen molar-refractivity contribution in [2.45, 2.75) is 18.8 Å². The van der Waals surface area contributed by atoms with Crippen LogP contribution in [-0.2, 0) is 20.9 Å². The number of benzene rings is 2. The molecule has 2 aromatic rings. The van der Waals surface area contributed by atoms with E-state index in [0.717, 1.165) is 10.0 Å². The van der Waals surface area contributed by atoms with E-state index in [1.54, 1.807) is 18.2 Å². The van der Waals surface area contributed by atoms with E-state index in [0.29, 0.717) is 11.4 Å². The molecule has 7 nitrogen and oxygen atoms in total. The van der Waals surface area contributed by atoms with Gasteiger partial charge in [0.2, 0.25) is 0 Å². The first-order chi connectivity index (χ1) is 12.5. The predicted molar refractivity (Wildman–Crippen MR) is 96.2 cm³/mol. The van der Waals surface area contributed by atoms with Gasteiger partial charge < -0.3 is 19.3 Å². The minimum Gasteiger partial charge on any atom is -0.489 e. The Morgan fingerprint density at radius 3 is 2.65 bits per heavy atom. The molecule has 0 saturated carbocycles. The van der Waals surface area contributed by atoms with Gasteiger partial charge in [0.15, 0.2) is 6.10 Å². The molecule has 2 aromatic carbocycles. The topological polar surface area (TPSA) is 97.4 Å². The van der Waals surface area contributed by atoms with Crippen LogP contribution in [0.1, 0.15) is 5.56 Å². The number of rotatable bonds is 7. The summed E-state index contributed by atoms with van der Waals surface area (Å²) < 4.78 is 16.5. The van der Waals surface area contributed by atoms with Gasteiger partial charge in [-0.25, -0.2) is 9.59 Å². The average molecular weight is 422 g/mol. The van der Waals surface area contributed by atoms with Crippen LogP contribution in [0.4, 0.5) is 10.5 Å². The van der Waals surface area contributed by atoms with Gasteiger partial charge in [-0.1, -0.05) is 46.3 Å². The summed E-state index contributed by atoms with van der Waals surface area (Å²) in [6.45, 7) is 0.219. The molecule has 0 bridgehead atoms. The van der Waals surface area contributed by atoms with E-state index < -0.39 is 24.3 Å². The fourth-order valence-electron chi connectivity index (χ4n) is 2.25. The van der Waals surface area contributed by atoms with E-state index in [-0.39, 0.29) is 13.2 Å². The normalized spacial score (nSPS) is 18.0. The van der Waals surface area contributed by atoms with E-state index >= 15 is 0 Å². The number of carboxylic acids is 1. The smallest absolute Gasteiger partial charge is 0.412 e. The molecular formula is C18H16BrNO6. The summed E-state index contributed by atoms with van der Waals surface area (Å²) in [7, 11) is 0. The summed E-state index contributed by atoms with van der Waals surface area (Å²) in [4.78, 5) is 22.8. The molecule has 2 N–H and O–H groups in total. The molecule has 1 aliphatic heterocycles. The number of epoxide rings is 1. The van der Waals surface area contributed by atoms with E-state index in [4.69, 9.17) is 19.3 Å². The van der Waals surface area contributed by atoms with Gasteiger partial charge in [0.05, 0.1) is 5.69 Å². The summed E-state index contributed by atoms with van der Waals surface area (Å²) in [6.07, 6.45) is -1.95. The van der Waals surface area contributed by atoms with Crippen LogP contribution in [0.25, 0.3) is 0 Å². The first-order valence-corrected chi connectivity index (χ1v) is 8.60. The number of carboxylic acid groups (broad SMARTS) is 1. The Kier molecular flexibility index (Phi) is 5.75. The zero-order valence-corrected chi connectivity index (χ0v) is 15.1. The lowest BCUT2D eigenvalue weighted by molar-refractivity contribution is -0.138. The number of hydrogen-bond acceptors (Lipinski definition) is 5. The molecule has 2 atom stereocenters. The van der Waals surface area contributed by atoms with Gasteiger partial charge in [-0.3, -0.25) is 5.32 Å². The Bertz CT molecular complexity index is 798. The van der Waals surface area contributed by atoms with Gasteiger partial charge in [-0.2, -0.15) is 0 Å². The molecule has 0 spiro atoms. The lowest BCUT2D eigenvalue weighted by Gasteiger charge is -2.13. The minimum absolute atomic E-state index is 0.0706. The molecule has 1 heterocycles. The molecule has 0 radical (unpaired) electrons. The number of aliphatic carboxylic acids is 1. The van der Waals surface area contributed by atoms with Crippen LogP contribution in [-0.4, -0.2) is 36.0 Å². The highest BCUT2D eigenvalue weighted by atomic mass is 79.9. The Hall–Kier alpha value is -2.58. The molecule has 26 heavy (non-hydrogen) atoms. The van der Waals surface area contributed by atoms with Gasteiger partial charge in [0, 0.05) is 4.47 Å². The van der Waals surface area contributed by atoms with Gasteiger partial charge in [0.25, 0.3) is 0 Å². The predicted octanol–water partition coefficient (Wildman–Crippen LogP) is 3.43. The SMILES string of the molecule is O=C(Nc1ccc(Br)cc1OC[C@H]1O[C@H]1C(=O)O)OCc1ccccc1. The van der Waals surface area contributed by atoms with Crippen molar-refractivity contribution < 1.29 is 28.9 Å². The molecule has 0 unspecified atom stereocenters. The van der Waals surface area contributed by atoms with Crippen LogP contribution in [0, 0.1) is 0 Å². The summed E-state index contributed by atoms with van der Waals surface area (Å²) in [5.41, 5.74) is 1.29. The highest BCUT2D eigenvalue weighted by Gasteiger charge is 2.46. The second-order valence-corrected chi connectivity index (χ2v) is 6.49. The first-order valence-electron chi connectivity index (χ1n) is 7.81.